The van der Waals surface area contributed by atoms with Gasteiger partial charge in [-0.3, -0.25) is 4.79 Å². The Morgan fingerprint density at radius 3 is 2.80 bits per heavy atom. The van der Waals surface area contributed by atoms with Crippen LogP contribution in [0.25, 0.3) is 0 Å². The quantitative estimate of drug-likeness (QED) is 0.671. The van der Waals surface area contributed by atoms with Crippen molar-refractivity contribution in [3.05, 3.63) is 10.9 Å². The van der Waals surface area contributed by atoms with Gasteiger partial charge in [0.15, 0.2) is 0 Å². The average Bonchev–Trinajstić information content (AvgIpc) is 2.79. The Morgan fingerprint density at radius 2 is 2.15 bits per heavy atom. The maximum atomic E-state index is 11.9. The summed E-state index contributed by atoms with van der Waals surface area (Å²) in [5.41, 5.74) is 6.44. The number of nitrogens with one attached hydrogen (secondary N) is 2. The summed E-state index contributed by atoms with van der Waals surface area (Å²) >= 11 is 1.40. The lowest BCUT2D eigenvalue weighted by molar-refractivity contribution is 0.0958. The van der Waals surface area contributed by atoms with E-state index in [9.17, 15) is 9.90 Å². The second kappa shape index (κ2) is 6.95. The highest BCUT2D eigenvalue weighted by atomic mass is 32.1. The second-order valence-corrected chi connectivity index (χ2v) is 6.35. The number of nitrogen functional groups attached to an aromatic ring is 1. The number of amides is 1. The molecule has 0 radical (unpaired) electrons. The first kappa shape index (κ1) is 15.1. The van der Waals surface area contributed by atoms with E-state index in [0.29, 0.717) is 23.2 Å². The summed E-state index contributed by atoms with van der Waals surface area (Å²) in [5, 5.41) is 16.7. The van der Waals surface area contributed by atoms with Crippen LogP contribution in [0.5, 0.6) is 0 Å². The Balaban J connectivity index is 1.94. The lowest BCUT2D eigenvalue weighted by atomic mass is 9.93. The summed E-state index contributed by atoms with van der Waals surface area (Å²) in [6.07, 6.45) is 4.33. The fourth-order valence-corrected chi connectivity index (χ4v) is 3.37. The molecule has 1 aromatic rings. The summed E-state index contributed by atoms with van der Waals surface area (Å²) in [7, 11) is 0. The molecule has 1 heterocycles. The predicted octanol–water partition coefficient (Wildman–Crippen LogP) is 2.19. The van der Waals surface area contributed by atoms with Crippen LogP contribution in [0.2, 0.25) is 0 Å². The van der Waals surface area contributed by atoms with Crippen molar-refractivity contribution in [3.8, 4) is 0 Å². The molecule has 1 aliphatic carbocycles. The van der Waals surface area contributed by atoms with Gasteiger partial charge in [-0.15, -0.1) is 11.3 Å². The summed E-state index contributed by atoms with van der Waals surface area (Å²) in [4.78, 5) is 12.5. The Bertz CT molecular complexity index is 453. The van der Waals surface area contributed by atoms with Crippen molar-refractivity contribution in [1.29, 1.82) is 0 Å². The van der Waals surface area contributed by atoms with Crippen LogP contribution in [0.4, 0.5) is 10.7 Å². The molecule has 2 rings (SSSR count). The molecule has 1 aromatic heterocycles. The number of hydrogen-bond donors (Lipinski definition) is 4. The molecule has 1 fully saturated rings. The van der Waals surface area contributed by atoms with Gasteiger partial charge in [0.1, 0.15) is 4.88 Å². The molecule has 0 saturated heterocycles. The molecular formula is C14H23N3O2S. The van der Waals surface area contributed by atoms with Crippen molar-refractivity contribution in [1.82, 2.24) is 5.32 Å². The molecule has 20 heavy (non-hydrogen) atoms. The molecule has 0 bridgehead atoms. The number of rotatable bonds is 5. The molecule has 0 aliphatic heterocycles. The van der Waals surface area contributed by atoms with Crippen molar-refractivity contribution >= 4 is 27.9 Å². The molecule has 1 saturated carbocycles. The molecule has 5 nitrogen and oxygen atoms in total. The third-order valence-corrected chi connectivity index (χ3v) is 4.63. The predicted molar refractivity (Wildman–Crippen MR) is 83.2 cm³/mol. The number of carbonyl (C=O) groups is 1. The van der Waals surface area contributed by atoms with E-state index < -0.39 is 0 Å². The minimum atomic E-state index is -0.156. The highest BCUT2D eigenvalue weighted by molar-refractivity contribution is 7.18. The van der Waals surface area contributed by atoms with Crippen molar-refractivity contribution < 1.29 is 9.90 Å². The van der Waals surface area contributed by atoms with Crippen molar-refractivity contribution in [2.75, 3.05) is 17.6 Å². The van der Waals surface area contributed by atoms with E-state index >= 15 is 0 Å². The fraction of sp³-hybridized carbons (Fsp3) is 0.643. The van der Waals surface area contributed by atoms with Crippen molar-refractivity contribution in [3.63, 3.8) is 0 Å². The molecule has 0 aromatic carbocycles. The third kappa shape index (κ3) is 3.86. The van der Waals surface area contributed by atoms with Gasteiger partial charge in [-0.2, -0.15) is 0 Å². The number of aliphatic hydroxyl groups is 1. The number of hydrogen-bond acceptors (Lipinski definition) is 5. The van der Waals surface area contributed by atoms with E-state index in [0.717, 1.165) is 37.1 Å². The van der Waals surface area contributed by atoms with Gasteiger partial charge in [-0.05, 0) is 38.2 Å². The lowest BCUT2D eigenvalue weighted by Crippen LogP contribution is -2.27. The molecular weight excluding hydrogens is 274 g/mol. The maximum absolute atomic E-state index is 11.9. The highest BCUT2D eigenvalue weighted by Crippen LogP contribution is 2.31. The first-order valence-corrected chi connectivity index (χ1v) is 8.04. The standard InChI is InChI=1S/C14H23N3O2S/c1-2-7-16-14(19)13-11(15)8-12(20-13)17-9-3-5-10(18)6-4-9/h8-10,17-18H,2-7,15H2,1H3,(H,16,19). The number of anilines is 2. The molecule has 1 aliphatic rings. The maximum Gasteiger partial charge on any atom is 0.263 e. The zero-order valence-electron chi connectivity index (χ0n) is 11.8. The van der Waals surface area contributed by atoms with Gasteiger partial charge in [-0.25, -0.2) is 0 Å². The smallest absolute Gasteiger partial charge is 0.263 e. The second-order valence-electron chi connectivity index (χ2n) is 5.30. The molecule has 1 amide bonds. The lowest BCUT2D eigenvalue weighted by Gasteiger charge is -2.26. The highest BCUT2D eigenvalue weighted by Gasteiger charge is 2.21. The van der Waals surface area contributed by atoms with Gasteiger partial charge in [0.2, 0.25) is 0 Å². The molecule has 0 atom stereocenters. The van der Waals surface area contributed by atoms with Gasteiger partial charge < -0.3 is 21.5 Å². The van der Waals surface area contributed by atoms with Gasteiger partial charge >= 0.3 is 0 Å². The van der Waals surface area contributed by atoms with Crippen LogP contribution in [-0.4, -0.2) is 29.7 Å². The number of thiophene rings is 1. The van der Waals surface area contributed by atoms with Crippen molar-refractivity contribution in [2.45, 2.75) is 51.2 Å². The van der Waals surface area contributed by atoms with Gasteiger partial charge in [0, 0.05) is 12.6 Å². The molecule has 0 spiro atoms. The Labute approximate surface area is 123 Å². The van der Waals surface area contributed by atoms with Crippen LogP contribution in [0, 0.1) is 0 Å². The molecule has 5 N–H and O–H groups in total. The third-order valence-electron chi connectivity index (χ3n) is 3.55. The van der Waals surface area contributed by atoms with Crippen LogP contribution < -0.4 is 16.4 Å². The van der Waals surface area contributed by atoms with E-state index in [1.54, 1.807) is 0 Å². The molecule has 112 valence electrons. The van der Waals surface area contributed by atoms with E-state index in [1.165, 1.54) is 11.3 Å². The summed E-state index contributed by atoms with van der Waals surface area (Å²) in [6, 6.07) is 2.19. The first-order valence-electron chi connectivity index (χ1n) is 7.22. The molecule has 6 heteroatoms. The fourth-order valence-electron chi connectivity index (χ4n) is 2.39. The van der Waals surface area contributed by atoms with E-state index in [1.807, 2.05) is 13.0 Å². The first-order chi connectivity index (χ1) is 9.60. The van der Waals surface area contributed by atoms with Crippen molar-refractivity contribution in [2.24, 2.45) is 0 Å². The van der Waals surface area contributed by atoms with E-state index in [4.69, 9.17) is 5.73 Å². The zero-order valence-corrected chi connectivity index (χ0v) is 12.6. The van der Waals surface area contributed by atoms with Crippen LogP contribution in [-0.2, 0) is 0 Å². The Morgan fingerprint density at radius 1 is 1.45 bits per heavy atom. The number of carbonyl (C=O) groups excluding carboxylic acids is 1. The normalized spacial score (nSPS) is 22.5. The summed E-state index contributed by atoms with van der Waals surface area (Å²) in [5.74, 6) is -0.0959. The van der Waals surface area contributed by atoms with Crippen LogP contribution in [0.1, 0.15) is 48.7 Å². The minimum Gasteiger partial charge on any atom is -0.397 e. The Hall–Kier alpha value is -1.27. The largest absolute Gasteiger partial charge is 0.397 e. The monoisotopic (exact) mass is 297 g/mol. The summed E-state index contributed by atoms with van der Waals surface area (Å²) < 4.78 is 0. The Kier molecular flexibility index (Phi) is 5.25. The van der Waals surface area contributed by atoms with Gasteiger partial charge in [-0.1, -0.05) is 6.92 Å². The van der Waals surface area contributed by atoms with E-state index in [2.05, 4.69) is 10.6 Å². The van der Waals surface area contributed by atoms with Gasteiger partial charge in [0.05, 0.1) is 16.8 Å². The summed E-state index contributed by atoms with van der Waals surface area (Å²) in [6.45, 7) is 2.68. The zero-order chi connectivity index (χ0) is 14.5. The van der Waals surface area contributed by atoms with Crippen LogP contribution in [0.15, 0.2) is 6.07 Å². The SMILES string of the molecule is CCCNC(=O)c1sc(NC2CCC(O)CC2)cc1N. The molecule has 0 unspecified atom stereocenters. The average molecular weight is 297 g/mol. The number of nitrogens with two attached hydrogens (primary N) is 1. The van der Waals surface area contributed by atoms with Crippen LogP contribution in [0.3, 0.4) is 0 Å². The van der Waals surface area contributed by atoms with Gasteiger partial charge in [0.25, 0.3) is 5.91 Å². The topological polar surface area (TPSA) is 87.4 Å². The van der Waals surface area contributed by atoms with Crippen LogP contribution >= 0.6 is 11.3 Å². The minimum absolute atomic E-state index is 0.0959. The number of aliphatic hydroxyl groups excluding tert-OH is 1. The van der Waals surface area contributed by atoms with E-state index in [-0.39, 0.29) is 12.0 Å².